The number of morpholine rings is 1. The van der Waals surface area contributed by atoms with Gasteiger partial charge in [0.2, 0.25) is 11.7 Å². The molecule has 12 heteroatoms. The van der Waals surface area contributed by atoms with Gasteiger partial charge in [0.25, 0.3) is 0 Å². The Morgan fingerprint density at radius 2 is 2.17 bits per heavy atom. The lowest BCUT2D eigenvalue weighted by molar-refractivity contribution is -0.145. The van der Waals surface area contributed by atoms with Crippen molar-refractivity contribution >= 4 is 38.9 Å². The van der Waals surface area contributed by atoms with Crippen molar-refractivity contribution in [3.63, 3.8) is 0 Å². The van der Waals surface area contributed by atoms with Gasteiger partial charge in [-0.25, -0.2) is 9.37 Å². The third-order valence-corrected chi connectivity index (χ3v) is 4.92. The van der Waals surface area contributed by atoms with Gasteiger partial charge in [0, 0.05) is 29.8 Å². The number of rotatable bonds is 4. The summed E-state index contributed by atoms with van der Waals surface area (Å²) in [4.78, 5) is 8.38. The number of hydrogen-bond acceptors (Lipinski definition) is 5. The maximum absolute atomic E-state index is 13.2. The van der Waals surface area contributed by atoms with E-state index < -0.39 is 18.1 Å². The molecule has 0 saturated carbocycles. The van der Waals surface area contributed by atoms with Crippen LogP contribution >= 0.6 is 28.1 Å². The number of benzene rings is 1. The SMILES string of the molecule is Fc1ccc(NC(=S)N2CCOC(COc3ccnc(C(F)(F)F)n3)C2)c(Br)c1. The highest BCUT2D eigenvalue weighted by Gasteiger charge is 2.35. The number of nitrogens with zero attached hydrogens (tertiary/aromatic N) is 3. The second-order valence-electron chi connectivity index (χ2n) is 6.02. The Bertz CT molecular complexity index is 887. The van der Waals surface area contributed by atoms with Gasteiger partial charge in [0.15, 0.2) is 5.11 Å². The molecule has 0 spiro atoms. The molecule has 1 fully saturated rings. The third kappa shape index (κ3) is 5.97. The number of aromatic nitrogens is 2. The van der Waals surface area contributed by atoms with E-state index in [1.807, 2.05) is 4.90 Å². The monoisotopic (exact) mass is 494 g/mol. The summed E-state index contributed by atoms with van der Waals surface area (Å²) in [7, 11) is 0. The van der Waals surface area contributed by atoms with Gasteiger partial charge < -0.3 is 19.7 Å². The minimum Gasteiger partial charge on any atom is -0.475 e. The summed E-state index contributed by atoms with van der Waals surface area (Å²) in [6.07, 6.45) is -4.09. The van der Waals surface area contributed by atoms with Gasteiger partial charge in [-0.05, 0) is 46.3 Å². The molecule has 1 aromatic heterocycles. The van der Waals surface area contributed by atoms with Crippen molar-refractivity contribution in [1.29, 1.82) is 0 Å². The number of halogens is 5. The first-order chi connectivity index (χ1) is 13.7. The van der Waals surface area contributed by atoms with E-state index >= 15 is 0 Å². The molecule has 1 N–H and O–H groups in total. The Hall–Kier alpha value is -2.05. The molecule has 0 aliphatic carbocycles. The minimum absolute atomic E-state index is 0.00628. The fourth-order valence-corrected chi connectivity index (χ4v) is 3.25. The van der Waals surface area contributed by atoms with E-state index in [1.54, 1.807) is 6.07 Å². The van der Waals surface area contributed by atoms with Crippen LogP contribution in [0.15, 0.2) is 34.9 Å². The molecule has 2 aromatic rings. The van der Waals surface area contributed by atoms with Crippen molar-refractivity contribution in [3.8, 4) is 5.88 Å². The maximum atomic E-state index is 13.2. The first-order valence-corrected chi connectivity index (χ1v) is 9.58. The highest BCUT2D eigenvalue weighted by Crippen LogP contribution is 2.27. The Morgan fingerprint density at radius 3 is 2.90 bits per heavy atom. The third-order valence-electron chi connectivity index (χ3n) is 3.90. The summed E-state index contributed by atoms with van der Waals surface area (Å²) in [6, 6.07) is 5.43. The van der Waals surface area contributed by atoms with E-state index in [4.69, 9.17) is 21.7 Å². The van der Waals surface area contributed by atoms with Gasteiger partial charge in [0.1, 0.15) is 18.5 Å². The zero-order valence-corrected chi connectivity index (χ0v) is 17.2. The first kappa shape index (κ1) is 21.7. The van der Waals surface area contributed by atoms with Crippen LogP contribution < -0.4 is 10.1 Å². The molecule has 0 radical (unpaired) electrons. The van der Waals surface area contributed by atoms with E-state index in [1.165, 1.54) is 18.2 Å². The van der Waals surface area contributed by atoms with Gasteiger partial charge >= 0.3 is 6.18 Å². The lowest BCUT2D eigenvalue weighted by Crippen LogP contribution is -2.49. The lowest BCUT2D eigenvalue weighted by atomic mass is 10.3. The molecule has 1 atom stereocenters. The average molecular weight is 495 g/mol. The first-order valence-electron chi connectivity index (χ1n) is 8.38. The number of alkyl halides is 3. The van der Waals surface area contributed by atoms with Crippen LogP contribution in [0.25, 0.3) is 0 Å². The summed E-state index contributed by atoms with van der Waals surface area (Å²) in [5, 5.41) is 3.44. The molecule has 1 saturated heterocycles. The Balaban J connectivity index is 1.56. The van der Waals surface area contributed by atoms with Gasteiger partial charge in [-0.1, -0.05) is 0 Å². The predicted molar refractivity (Wildman–Crippen MR) is 104 cm³/mol. The molecule has 1 aromatic carbocycles. The fourth-order valence-electron chi connectivity index (χ4n) is 2.53. The van der Waals surface area contributed by atoms with Crippen molar-refractivity contribution in [2.45, 2.75) is 12.3 Å². The van der Waals surface area contributed by atoms with Crippen molar-refractivity contribution in [3.05, 3.63) is 46.6 Å². The molecular weight excluding hydrogens is 480 g/mol. The zero-order chi connectivity index (χ0) is 21.0. The summed E-state index contributed by atoms with van der Waals surface area (Å²) in [5.74, 6) is -1.84. The normalized spacial score (nSPS) is 17.1. The minimum atomic E-state index is -4.65. The molecule has 1 unspecified atom stereocenters. The highest BCUT2D eigenvalue weighted by atomic mass is 79.9. The summed E-state index contributed by atoms with van der Waals surface area (Å²) >= 11 is 8.66. The molecule has 156 valence electrons. The quantitative estimate of drug-likeness (QED) is 0.511. The van der Waals surface area contributed by atoms with Crippen LogP contribution in [-0.2, 0) is 10.9 Å². The number of hydrogen-bond donors (Lipinski definition) is 1. The Kier molecular flexibility index (Phi) is 6.85. The maximum Gasteiger partial charge on any atom is 0.451 e. The van der Waals surface area contributed by atoms with E-state index in [0.29, 0.717) is 35.0 Å². The number of nitrogens with one attached hydrogen (secondary N) is 1. The molecule has 29 heavy (non-hydrogen) atoms. The second kappa shape index (κ2) is 9.18. The molecule has 6 nitrogen and oxygen atoms in total. The fraction of sp³-hybridized carbons (Fsp3) is 0.353. The second-order valence-corrected chi connectivity index (χ2v) is 7.26. The van der Waals surface area contributed by atoms with Crippen LogP contribution in [0.3, 0.4) is 0 Å². The summed E-state index contributed by atoms with van der Waals surface area (Å²) in [5.41, 5.74) is 0.608. The lowest BCUT2D eigenvalue weighted by Gasteiger charge is -2.34. The topological polar surface area (TPSA) is 59.5 Å². The van der Waals surface area contributed by atoms with E-state index in [2.05, 4.69) is 31.2 Å². The molecule has 0 amide bonds. The summed E-state index contributed by atoms with van der Waals surface area (Å²) < 4.78 is 62.7. The van der Waals surface area contributed by atoms with Crippen molar-refractivity contribution in [2.75, 3.05) is 31.6 Å². The molecule has 3 rings (SSSR count). The van der Waals surface area contributed by atoms with Gasteiger partial charge in [-0.15, -0.1) is 0 Å². The summed E-state index contributed by atoms with van der Waals surface area (Å²) in [6.45, 7) is 1.24. The van der Waals surface area contributed by atoms with Crippen LogP contribution in [0.1, 0.15) is 5.82 Å². The molecule has 1 aliphatic rings. The largest absolute Gasteiger partial charge is 0.475 e. The van der Waals surface area contributed by atoms with Crippen LogP contribution in [0.2, 0.25) is 0 Å². The van der Waals surface area contributed by atoms with Crippen LogP contribution in [-0.4, -0.2) is 52.4 Å². The van der Waals surface area contributed by atoms with Crippen molar-refractivity contribution in [1.82, 2.24) is 14.9 Å². The average Bonchev–Trinajstić information content (AvgIpc) is 2.68. The molecule has 2 heterocycles. The van der Waals surface area contributed by atoms with Crippen LogP contribution in [0.5, 0.6) is 5.88 Å². The zero-order valence-electron chi connectivity index (χ0n) is 14.7. The predicted octanol–water partition coefficient (Wildman–Crippen LogP) is 3.87. The number of anilines is 1. The Morgan fingerprint density at radius 1 is 1.38 bits per heavy atom. The van der Waals surface area contributed by atoms with E-state index in [-0.39, 0.29) is 18.3 Å². The standard InChI is InChI=1S/C17H15BrF4N4O2S/c18-12-7-10(19)1-2-13(12)24-16(29)26-5-6-27-11(8-26)9-28-14-3-4-23-15(25-14)17(20,21)22/h1-4,7,11H,5-6,8-9H2,(H,24,29). The Labute approximate surface area is 177 Å². The molecule has 0 bridgehead atoms. The smallest absolute Gasteiger partial charge is 0.451 e. The van der Waals surface area contributed by atoms with E-state index in [0.717, 1.165) is 6.20 Å². The van der Waals surface area contributed by atoms with Crippen LogP contribution in [0, 0.1) is 5.82 Å². The van der Waals surface area contributed by atoms with E-state index in [9.17, 15) is 17.6 Å². The molecular formula is C17H15BrF4N4O2S. The number of ether oxygens (including phenoxy) is 2. The van der Waals surface area contributed by atoms with Crippen LogP contribution in [0.4, 0.5) is 23.2 Å². The van der Waals surface area contributed by atoms with Gasteiger partial charge in [0.05, 0.1) is 12.3 Å². The van der Waals surface area contributed by atoms with Gasteiger partial charge in [-0.3, -0.25) is 0 Å². The number of thiocarbonyl (C=S) groups is 1. The van der Waals surface area contributed by atoms with Crippen molar-refractivity contribution in [2.24, 2.45) is 0 Å². The highest BCUT2D eigenvalue weighted by molar-refractivity contribution is 9.10. The van der Waals surface area contributed by atoms with Crippen molar-refractivity contribution < 1.29 is 27.0 Å². The van der Waals surface area contributed by atoms with Gasteiger partial charge in [-0.2, -0.15) is 18.2 Å². The molecule has 1 aliphatic heterocycles.